The number of nitrogens with zero attached hydrogens (tertiary/aromatic N) is 2. The molecule has 3 aromatic rings. The summed E-state index contributed by atoms with van der Waals surface area (Å²) in [5, 5.41) is 17.0. The molecule has 1 unspecified atom stereocenters. The summed E-state index contributed by atoms with van der Waals surface area (Å²) >= 11 is 0. The van der Waals surface area contributed by atoms with Crippen LogP contribution in [0, 0.1) is 5.41 Å². The number of rotatable bonds is 8. The lowest BCUT2D eigenvalue weighted by atomic mass is 10.0. The van der Waals surface area contributed by atoms with Gasteiger partial charge in [-0.15, -0.1) is 0 Å². The van der Waals surface area contributed by atoms with Gasteiger partial charge in [0.1, 0.15) is 12.0 Å². The van der Waals surface area contributed by atoms with E-state index in [0.29, 0.717) is 34.0 Å². The van der Waals surface area contributed by atoms with Crippen LogP contribution in [0.5, 0.6) is 0 Å². The molecule has 9 nitrogen and oxygen atoms in total. The van der Waals surface area contributed by atoms with Crippen LogP contribution in [0.25, 0.3) is 22.2 Å². The average molecular weight is 597 g/mol. The second-order valence-electron chi connectivity index (χ2n) is 10.5. The molecule has 2 aromatic heterocycles. The minimum atomic E-state index is -0.657. The van der Waals surface area contributed by atoms with Crippen LogP contribution in [0.3, 0.4) is 0 Å². The smallest absolute Gasteiger partial charge is 0.269 e. The van der Waals surface area contributed by atoms with Crippen molar-refractivity contribution in [1.82, 2.24) is 15.3 Å². The zero-order valence-corrected chi connectivity index (χ0v) is 27.4. The van der Waals surface area contributed by atoms with Gasteiger partial charge in [0.25, 0.3) is 5.91 Å². The number of dihydropyridines is 1. The Bertz CT molecular complexity index is 1740. The van der Waals surface area contributed by atoms with Crippen molar-refractivity contribution in [3.63, 3.8) is 0 Å². The highest BCUT2D eigenvalue weighted by Gasteiger charge is 2.27. The van der Waals surface area contributed by atoms with Gasteiger partial charge in [0.2, 0.25) is 0 Å². The van der Waals surface area contributed by atoms with E-state index in [-0.39, 0.29) is 11.9 Å². The number of anilines is 2. The van der Waals surface area contributed by atoms with Crippen LogP contribution < -0.4 is 32.7 Å². The number of allylic oxidation sites excluding steroid dienone is 2. The first-order valence-corrected chi connectivity index (χ1v) is 15.6. The Morgan fingerprint density at radius 2 is 1.86 bits per heavy atom. The number of pyridine rings is 1. The van der Waals surface area contributed by atoms with Gasteiger partial charge in [-0.05, 0) is 82.1 Å². The number of amides is 1. The van der Waals surface area contributed by atoms with E-state index in [9.17, 15) is 4.79 Å². The standard InChI is InChI=1S/C31H36N8O.2C2H6/c1-5-16(2)25-26-21(15-32)22(33)11-13-24(26)37-27(25)28(29(34)40)36-18(4)20-10-12-23(19-8-9-19)38-31(20)39-30-17(3)7-6-14-35-30;2*1-2/h6-7,10-15,19,30,32,35,37H,5,8-9,33H2,1-4H3,(H2,34,40)(H,38,39);2*1-2H3/b25-16+,28-27+,32-15?,36-18?;;. The summed E-state index contributed by atoms with van der Waals surface area (Å²) in [6.45, 7) is 16.0. The first-order valence-electron chi connectivity index (χ1n) is 15.6. The first-order chi connectivity index (χ1) is 21.2. The minimum Gasteiger partial charge on any atom is -0.398 e. The number of benzene rings is 1. The van der Waals surface area contributed by atoms with E-state index >= 15 is 0 Å². The molecule has 5 rings (SSSR count). The molecule has 0 saturated heterocycles. The summed E-state index contributed by atoms with van der Waals surface area (Å²) in [6, 6.07) is 7.66. The maximum absolute atomic E-state index is 12.9. The van der Waals surface area contributed by atoms with Gasteiger partial charge >= 0.3 is 0 Å². The van der Waals surface area contributed by atoms with E-state index in [1.165, 1.54) is 6.21 Å². The second kappa shape index (κ2) is 15.2. The number of aliphatic imine (C=N–C) groups is 1. The third-order valence-electron chi connectivity index (χ3n) is 7.65. The number of primary amides is 1. The number of aromatic nitrogens is 2. The van der Waals surface area contributed by atoms with Crippen LogP contribution in [0.2, 0.25) is 0 Å². The van der Waals surface area contributed by atoms with Gasteiger partial charge in [0, 0.05) is 56.5 Å². The molecule has 2 aliphatic rings. The van der Waals surface area contributed by atoms with Crippen molar-refractivity contribution < 1.29 is 4.79 Å². The third kappa shape index (κ3) is 7.10. The molecule has 1 atom stereocenters. The number of nitrogen functional groups attached to an aromatic ring is 1. The van der Waals surface area contributed by atoms with Gasteiger partial charge in [-0.2, -0.15) is 0 Å². The molecule has 1 aliphatic carbocycles. The maximum Gasteiger partial charge on any atom is 0.269 e. The van der Waals surface area contributed by atoms with Crippen molar-refractivity contribution in [3.05, 3.63) is 75.6 Å². The molecule has 1 amide bonds. The van der Waals surface area contributed by atoms with E-state index < -0.39 is 5.91 Å². The fourth-order valence-corrected chi connectivity index (χ4v) is 5.08. The highest BCUT2D eigenvalue weighted by atomic mass is 16.1. The molecule has 1 fully saturated rings. The number of carbonyl (C=O) groups is 1. The minimum absolute atomic E-state index is 0.109. The van der Waals surface area contributed by atoms with Crippen LogP contribution in [0.1, 0.15) is 97.4 Å². The summed E-state index contributed by atoms with van der Waals surface area (Å²) in [6.07, 6.45) is 10.1. The molecule has 8 N–H and O–H groups in total. The van der Waals surface area contributed by atoms with E-state index in [1.54, 1.807) is 6.07 Å². The highest BCUT2D eigenvalue weighted by molar-refractivity contribution is 6.17. The van der Waals surface area contributed by atoms with E-state index in [1.807, 2.05) is 78.9 Å². The zero-order chi connectivity index (χ0) is 32.6. The molecule has 1 aliphatic heterocycles. The summed E-state index contributed by atoms with van der Waals surface area (Å²) in [7, 11) is 0. The Kier molecular flexibility index (Phi) is 11.7. The summed E-state index contributed by atoms with van der Waals surface area (Å²) in [5.41, 5.74) is 18.7. The zero-order valence-electron chi connectivity index (χ0n) is 27.4. The number of aromatic amines is 1. The number of hydrogen-bond acceptors (Lipinski definition) is 7. The Morgan fingerprint density at radius 1 is 1.16 bits per heavy atom. The third-order valence-corrected chi connectivity index (χ3v) is 7.65. The van der Waals surface area contributed by atoms with Crippen LogP contribution in [0.15, 0.2) is 53.2 Å². The van der Waals surface area contributed by atoms with Crippen molar-refractivity contribution in [2.75, 3.05) is 11.1 Å². The van der Waals surface area contributed by atoms with Gasteiger partial charge in [-0.1, -0.05) is 46.3 Å². The largest absolute Gasteiger partial charge is 0.398 e. The quantitative estimate of drug-likeness (QED) is 0.148. The summed E-state index contributed by atoms with van der Waals surface area (Å²) in [4.78, 5) is 26.1. The monoisotopic (exact) mass is 596 g/mol. The molecule has 9 heteroatoms. The Morgan fingerprint density at radius 3 is 2.45 bits per heavy atom. The van der Waals surface area contributed by atoms with E-state index in [2.05, 4.69) is 28.6 Å². The molecule has 234 valence electrons. The van der Waals surface area contributed by atoms with Crippen LogP contribution in [-0.2, 0) is 4.79 Å². The predicted octanol–water partition coefficient (Wildman–Crippen LogP) is 5.56. The SMILES string of the molecule is CC.CC.CC/C(C)=c1/c(=C(\N=C(C)c2ccc(C3CC3)nc2NC2NC=CC=C2C)C(N)=O)[nH]c2ccc(N)c(C=N)c12. The Hall–Kier alpha value is -4.66. The lowest BCUT2D eigenvalue weighted by molar-refractivity contribution is -0.113. The second-order valence-corrected chi connectivity index (χ2v) is 10.5. The van der Waals surface area contributed by atoms with Crippen molar-refractivity contribution in [2.24, 2.45) is 10.7 Å². The molecular weight excluding hydrogens is 548 g/mol. The number of hydrogen-bond donors (Lipinski definition) is 6. The summed E-state index contributed by atoms with van der Waals surface area (Å²) in [5.74, 6) is 0.518. The molecule has 0 radical (unpaired) electrons. The van der Waals surface area contributed by atoms with Crippen molar-refractivity contribution in [3.8, 4) is 0 Å². The number of nitrogens with one attached hydrogen (secondary N) is 4. The number of carbonyl (C=O) groups excluding carboxylic acids is 1. The number of nitrogens with two attached hydrogens (primary N) is 2. The number of fused-ring (bicyclic) bond motifs is 1. The molecule has 1 aromatic carbocycles. The van der Waals surface area contributed by atoms with Gasteiger partial charge in [-0.3, -0.25) is 4.79 Å². The molecule has 1 saturated carbocycles. The molecule has 3 heterocycles. The van der Waals surface area contributed by atoms with E-state index in [4.69, 9.17) is 26.9 Å². The van der Waals surface area contributed by atoms with E-state index in [0.717, 1.165) is 57.8 Å². The molecular formula is C35H48N8O. The molecule has 0 bridgehead atoms. The summed E-state index contributed by atoms with van der Waals surface area (Å²) < 4.78 is 0. The van der Waals surface area contributed by atoms with Crippen molar-refractivity contribution in [2.45, 2.75) is 86.7 Å². The topological polar surface area (TPSA) is 158 Å². The Labute approximate surface area is 260 Å². The Balaban J connectivity index is 0.00000127. The number of H-pyrrole nitrogens is 1. The predicted molar refractivity (Wildman–Crippen MR) is 186 cm³/mol. The highest BCUT2D eigenvalue weighted by Crippen LogP contribution is 2.39. The molecule has 0 spiro atoms. The van der Waals surface area contributed by atoms with Crippen LogP contribution in [0.4, 0.5) is 11.5 Å². The normalized spacial score (nSPS) is 17.2. The van der Waals surface area contributed by atoms with Crippen LogP contribution in [-0.4, -0.2) is 34.0 Å². The van der Waals surface area contributed by atoms with Crippen molar-refractivity contribution >= 4 is 51.5 Å². The average Bonchev–Trinajstić information content (AvgIpc) is 3.83. The van der Waals surface area contributed by atoms with Crippen molar-refractivity contribution in [1.29, 1.82) is 5.41 Å². The first kappa shape index (κ1) is 33.8. The van der Waals surface area contributed by atoms with Gasteiger partial charge in [0.15, 0.2) is 5.70 Å². The van der Waals surface area contributed by atoms with Gasteiger partial charge in [0.05, 0.1) is 5.35 Å². The molecule has 44 heavy (non-hydrogen) atoms. The van der Waals surface area contributed by atoms with Gasteiger partial charge in [-0.25, -0.2) is 9.98 Å². The fourth-order valence-electron chi connectivity index (χ4n) is 5.08. The van der Waals surface area contributed by atoms with Crippen LogP contribution >= 0.6 is 0 Å². The maximum atomic E-state index is 12.9. The lowest BCUT2D eigenvalue weighted by Crippen LogP contribution is -2.36. The lowest BCUT2D eigenvalue weighted by Gasteiger charge is -2.24. The fraction of sp³-hybridized carbons (Fsp3) is 0.371. The van der Waals surface area contributed by atoms with Gasteiger partial charge < -0.3 is 32.5 Å².